The van der Waals surface area contributed by atoms with Gasteiger partial charge in [0, 0.05) is 31.4 Å². The highest BCUT2D eigenvalue weighted by molar-refractivity contribution is 5.79. The lowest BCUT2D eigenvalue weighted by molar-refractivity contribution is -0.121. The standard InChI is InChI=1S/C18H22N8O/c1-11(2)26-10-22-13-8-21-16(7-14(13)26)23-15-3-5-20-18(24-15)25-6-4-12(9-25)17(19)27/h3,5,7-8,10-12H,4,6,9H2,1-2H3,(H2,19,27)(H,20,21,23,24). The fourth-order valence-corrected chi connectivity index (χ4v) is 3.29. The summed E-state index contributed by atoms with van der Waals surface area (Å²) in [6.45, 7) is 5.49. The zero-order valence-electron chi connectivity index (χ0n) is 15.3. The number of aromatic nitrogens is 5. The summed E-state index contributed by atoms with van der Waals surface area (Å²) in [6.07, 6.45) is 6.00. The van der Waals surface area contributed by atoms with Gasteiger partial charge in [-0.05, 0) is 26.3 Å². The Morgan fingerprint density at radius 1 is 1.30 bits per heavy atom. The van der Waals surface area contributed by atoms with E-state index in [1.54, 1.807) is 18.5 Å². The second kappa shape index (κ2) is 6.82. The molecule has 0 saturated carbocycles. The van der Waals surface area contributed by atoms with Crippen LogP contribution in [-0.2, 0) is 4.79 Å². The summed E-state index contributed by atoms with van der Waals surface area (Å²) in [5.41, 5.74) is 7.27. The number of nitrogens with two attached hydrogens (primary N) is 1. The molecule has 1 atom stereocenters. The van der Waals surface area contributed by atoms with Gasteiger partial charge in [-0.2, -0.15) is 4.98 Å². The minimum absolute atomic E-state index is 0.148. The van der Waals surface area contributed by atoms with Gasteiger partial charge in [0.1, 0.15) is 17.2 Å². The molecule has 0 radical (unpaired) electrons. The Bertz CT molecular complexity index is 982. The summed E-state index contributed by atoms with van der Waals surface area (Å²) in [5.74, 6) is 1.49. The van der Waals surface area contributed by atoms with Crippen LogP contribution in [-0.4, -0.2) is 43.5 Å². The van der Waals surface area contributed by atoms with E-state index in [4.69, 9.17) is 5.73 Å². The van der Waals surface area contributed by atoms with Crippen LogP contribution in [0.15, 0.2) is 30.9 Å². The third-order valence-electron chi connectivity index (χ3n) is 4.79. The molecule has 1 aliphatic rings. The zero-order valence-corrected chi connectivity index (χ0v) is 15.3. The predicted octanol–water partition coefficient (Wildman–Crippen LogP) is 1.86. The van der Waals surface area contributed by atoms with Crippen molar-refractivity contribution >= 4 is 34.5 Å². The molecule has 0 spiro atoms. The molecule has 3 aromatic rings. The number of anilines is 3. The lowest BCUT2D eigenvalue weighted by Crippen LogP contribution is -2.28. The van der Waals surface area contributed by atoms with Crippen LogP contribution < -0.4 is 16.0 Å². The SMILES string of the molecule is CC(C)n1cnc2cnc(Nc3ccnc(N4CCC(C(N)=O)C4)n3)cc21. The first-order valence-electron chi connectivity index (χ1n) is 8.98. The maximum atomic E-state index is 11.4. The highest BCUT2D eigenvalue weighted by Crippen LogP contribution is 2.24. The van der Waals surface area contributed by atoms with Gasteiger partial charge < -0.3 is 20.5 Å². The minimum Gasteiger partial charge on any atom is -0.369 e. The Hall–Kier alpha value is -3.23. The van der Waals surface area contributed by atoms with Crippen molar-refractivity contribution in [3.8, 4) is 0 Å². The number of carbonyl (C=O) groups excluding carboxylic acids is 1. The number of pyridine rings is 1. The molecule has 1 fully saturated rings. The Kier molecular flexibility index (Phi) is 4.35. The summed E-state index contributed by atoms with van der Waals surface area (Å²) in [4.78, 5) is 31.0. The number of amides is 1. The van der Waals surface area contributed by atoms with Crippen molar-refractivity contribution in [3.05, 3.63) is 30.9 Å². The molecule has 27 heavy (non-hydrogen) atoms. The monoisotopic (exact) mass is 366 g/mol. The molecule has 1 saturated heterocycles. The van der Waals surface area contributed by atoms with Gasteiger partial charge in [-0.25, -0.2) is 15.0 Å². The third kappa shape index (κ3) is 3.40. The molecular formula is C18H22N8O. The average Bonchev–Trinajstić information content (AvgIpc) is 3.29. The molecule has 4 rings (SSSR count). The van der Waals surface area contributed by atoms with Crippen LogP contribution in [0.25, 0.3) is 11.0 Å². The van der Waals surface area contributed by atoms with Gasteiger partial charge in [-0.1, -0.05) is 0 Å². The van der Waals surface area contributed by atoms with E-state index in [1.165, 1.54) is 0 Å². The number of carbonyl (C=O) groups is 1. The molecule has 0 aliphatic carbocycles. The smallest absolute Gasteiger partial charge is 0.227 e. The Morgan fingerprint density at radius 2 is 2.15 bits per heavy atom. The van der Waals surface area contributed by atoms with E-state index in [0.29, 0.717) is 30.2 Å². The molecule has 1 amide bonds. The molecule has 3 aromatic heterocycles. The second-order valence-electron chi connectivity index (χ2n) is 7.00. The number of imidazole rings is 1. The van der Waals surface area contributed by atoms with Crippen molar-refractivity contribution in [2.75, 3.05) is 23.3 Å². The van der Waals surface area contributed by atoms with Crippen molar-refractivity contribution in [1.82, 2.24) is 24.5 Å². The van der Waals surface area contributed by atoms with Crippen LogP contribution >= 0.6 is 0 Å². The Morgan fingerprint density at radius 3 is 2.89 bits per heavy atom. The van der Waals surface area contributed by atoms with Crippen molar-refractivity contribution in [3.63, 3.8) is 0 Å². The molecule has 9 nitrogen and oxygen atoms in total. The van der Waals surface area contributed by atoms with Crippen molar-refractivity contribution in [1.29, 1.82) is 0 Å². The van der Waals surface area contributed by atoms with Gasteiger partial charge in [-0.15, -0.1) is 0 Å². The fourth-order valence-electron chi connectivity index (χ4n) is 3.29. The molecule has 0 bridgehead atoms. The number of hydrogen-bond donors (Lipinski definition) is 2. The Balaban J connectivity index is 1.56. The van der Waals surface area contributed by atoms with Crippen LogP contribution in [0.4, 0.5) is 17.6 Å². The van der Waals surface area contributed by atoms with Gasteiger partial charge >= 0.3 is 0 Å². The van der Waals surface area contributed by atoms with Crippen LogP contribution in [0.2, 0.25) is 0 Å². The van der Waals surface area contributed by atoms with E-state index in [0.717, 1.165) is 24.0 Å². The maximum Gasteiger partial charge on any atom is 0.227 e. The molecule has 0 aromatic carbocycles. The van der Waals surface area contributed by atoms with Crippen molar-refractivity contribution < 1.29 is 4.79 Å². The van der Waals surface area contributed by atoms with E-state index in [1.807, 2.05) is 17.3 Å². The van der Waals surface area contributed by atoms with E-state index >= 15 is 0 Å². The summed E-state index contributed by atoms with van der Waals surface area (Å²) in [5, 5.41) is 3.23. The topological polar surface area (TPSA) is 115 Å². The van der Waals surface area contributed by atoms with Gasteiger partial charge in [0.25, 0.3) is 0 Å². The zero-order chi connectivity index (χ0) is 19.0. The lowest BCUT2D eigenvalue weighted by atomic mass is 10.1. The van der Waals surface area contributed by atoms with Crippen molar-refractivity contribution in [2.24, 2.45) is 11.7 Å². The summed E-state index contributed by atoms with van der Waals surface area (Å²) < 4.78 is 2.10. The van der Waals surface area contributed by atoms with Gasteiger partial charge in [0.15, 0.2) is 0 Å². The van der Waals surface area contributed by atoms with E-state index < -0.39 is 0 Å². The van der Waals surface area contributed by atoms with Gasteiger partial charge in [0.2, 0.25) is 11.9 Å². The van der Waals surface area contributed by atoms with E-state index in [-0.39, 0.29) is 11.8 Å². The molecule has 140 valence electrons. The first-order valence-corrected chi connectivity index (χ1v) is 8.98. The first-order chi connectivity index (χ1) is 13.0. The summed E-state index contributed by atoms with van der Waals surface area (Å²) in [7, 11) is 0. The number of primary amides is 1. The summed E-state index contributed by atoms with van der Waals surface area (Å²) in [6, 6.07) is 4.06. The van der Waals surface area contributed by atoms with Gasteiger partial charge in [-0.3, -0.25) is 4.79 Å². The van der Waals surface area contributed by atoms with Crippen molar-refractivity contribution in [2.45, 2.75) is 26.3 Å². The quantitative estimate of drug-likeness (QED) is 0.708. The average molecular weight is 366 g/mol. The second-order valence-corrected chi connectivity index (χ2v) is 7.00. The maximum absolute atomic E-state index is 11.4. The lowest BCUT2D eigenvalue weighted by Gasteiger charge is -2.16. The molecule has 1 aliphatic heterocycles. The highest BCUT2D eigenvalue weighted by Gasteiger charge is 2.28. The molecule has 9 heteroatoms. The van der Waals surface area contributed by atoms with Crippen LogP contribution in [0.1, 0.15) is 26.3 Å². The first kappa shape index (κ1) is 17.2. The highest BCUT2D eigenvalue weighted by atomic mass is 16.1. The normalized spacial score (nSPS) is 17.0. The number of rotatable bonds is 5. The molecule has 1 unspecified atom stereocenters. The largest absolute Gasteiger partial charge is 0.369 e. The predicted molar refractivity (Wildman–Crippen MR) is 103 cm³/mol. The number of nitrogens with one attached hydrogen (secondary N) is 1. The van der Waals surface area contributed by atoms with E-state index in [9.17, 15) is 4.79 Å². The molecule has 3 N–H and O–H groups in total. The third-order valence-corrected chi connectivity index (χ3v) is 4.79. The number of nitrogens with zero attached hydrogens (tertiary/aromatic N) is 6. The van der Waals surface area contributed by atoms with Crippen LogP contribution in [0.3, 0.4) is 0 Å². The summed E-state index contributed by atoms with van der Waals surface area (Å²) >= 11 is 0. The fraction of sp³-hybridized carbons (Fsp3) is 0.389. The number of hydrogen-bond acceptors (Lipinski definition) is 7. The number of fused-ring (bicyclic) bond motifs is 1. The van der Waals surface area contributed by atoms with Crippen LogP contribution in [0, 0.1) is 5.92 Å². The van der Waals surface area contributed by atoms with E-state index in [2.05, 4.69) is 43.7 Å². The minimum atomic E-state index is -0.272. The van der Waals surface area contributed by atoms with Crippen LogP contribution in [0.5, 0.6) is 0 Å². The Labute approximate surface area is 156 Å². The molecular weight excluding hydrogens is 344 g/mol. The molecule has 4 heterocycles. The van der Waals surface area contributed by atoms with Gasteiger partial charge in [0.05, 0.1) is 24.0 Å².